The van der Waals surface area contributed by atoms with E-state index >= 15 is 0 Å². The Balaban J connectivity index is 2.03. The van der Waals surface area contributed by atoms with Crippen LogP contribution in [0, 0.1) is 12.7 Å². The lowest BCUT2D eigenvalue weighted by molar-refractivity contribution is 0.511. The molecule has 0 aliphatic heterocycles. The minimum absolute atomic E-state index is 0.107. The van der Waals surface area contributed by atoms with Gasteiger partial charge in [-0.2, -0.15) is 0 Å². The molecule has 0 unspecified atom stereocenters. The molecule has 0 radical (unpaired) electrons. The normalized spacial score (nSPS) is 11.8. The molecule has 4 aromatic rings. The molecule has 0 saturated heterocycles. The fourth-order valence-corrected chi connectivity index (χ4v) is 3.24. The summed E-state index contributed by atoms with van der Waals surface area (Å²) in [6.45, 7) is 1.80. The highest BCUT2D eigenvalue weighted by atomic mass is 35.5. The van der Waals surface area contributed by atoms with Crippen molar-refractivity contribution in [1.29, 1.82) is 0 Å². The Labute approximate surface area is 170 Å². The number of pyridine rings is 1. The lowest BCUT2D eigenvalue weighted by Gasteiger charge is -2.13. The van der Waals surface area contributed by atoms with Gasteiger partial charge in [0.1, 0.15) is 23.1 Å². The number of hydrogen-bond donors (Lipinski definition) is 1. The van der Waals surface area contributed by atoms with Gasteiger partial charge in [-0.15, -0.1) is 0 Å². The summed E-state index contributed by atoms with van der Waals surface area (Å²) in [7, 11) is 0. The zero-order chi connectivity index (χ0) is 20.5. The van der Waals surface area contributed by atoms with E-state index in [0.29, 0.717) is 21.9 Å². The second-order valence-electron chi connectivity index (χ2n) is 6.42. The Morgan fingerprint density at radius 1 is 1.10 bits per heavy atom. The molecular weight excluding hydrogens is 393 g/mol. The first kappa shape index (κ1) is 18.8. The highest BCUT2D eigenvalue weighted by Crippen LogP contribution is 2.23. The predicted octanol–water partition coefficient (Wildman–Crippen LogP) is 4.94. The van der Waals surface area contributed by atoms with E-state index in [1.165, 1.54) is 22.8 Å². The van der Waals surface area contributed by atoms with Gasteiger partial charge >= 0.3 is 0 Å². The summed E-state index contributed by atoms with van der Waals surface area (Å²) in [4.78, 5) is 21.9. The molecule has 0 spiro atoms. The highest BCUT2D eigenvalue weighted by molar-refractivity contribution is 6.32. The molecule has 2 aromatic heterocycles. The molecule has 7 heteroatoms. The third kappa shape index (κ3) is 3.62. The number of benzene rings is 2. The van der Waals surface area contributed by atoms with Crippen molar-refractivity contribution < 1.29 is 9.50 Å². The van der Waals surface area contributed by atoms with E-state index < -0.39 is 11.4 Å². The average molecular weight is 408 g/mol. The molecule has 0 amide bonds. The summed E-state index contributed by atoms with van der Waals surface area (Å²) >= 11 is 6.30. The van der Waals surface area contributed by atoms with E-state index in [1.54, 1.807) is 49.4 Å². The van der Waals surface area contributed by atoms with E-state index in [-0.39, 0.29) is 17.0 Å². The molecule has 29 heavy (non-hydrogen) atoms. The van der Waals surface area contributed by atoms with Crippen LogP contribution in [0.5, 0.6) is 0 Å². The molecule has 2 heterocycles. The van der Waals surface area contributed by atoms with Crippen molar-refractivity contribution in [3.8, 4) is 5.69 Å². The number of aliphatic hydroxyl groups is 1. The third-order valence-electron chi connectivity index (χ3n) is 4.37. The second kappa shape index (κ2) is 7.48. The molecule has 0 saturated carbocycles. The van der Waals surface area contributed by atoms with Crippen LogP contribution in [0.1, 0.15) is 17.2 Å². The molecule has 0 aliphatic carbocycles. The van der Waals surface area contributed by atoms with E-state index in [4.69, 9.17) is 11.6 Å². The smallest absolute Gasteiger partial charge is 0.266 e. The zero-order valence-electron chi connectivity index (χ0n) is 15.3. The molecule has 0 atom stereocenters. The monoisotopic (exact) mass is 407 g/mol. The van der Waals surface area contributed by atoms with Gasteiger partial charge < -0.3 is 5.11 Å². The van der Waals surface area contributed by atoms with Gasteiger partial charge in [0.25, 0.3) is 5.56 Å². The van der Waals surface area contributed by atoms with Crippen LogP contribution in [0.3, 0.4) is 0 Å². The molecule has 1 N–H and O–H groups in total. The largest absolute Gasteiger partial charge is 0.506 e. The van der Waals surface area contributed by atoms with Crippen molar-refractivity contribution in [3.63, 3.8) is 0 Å². The molecule has 0 bridgehead atoms. The topological polar surface area (TPSA) is 68.0 Å². The molecular formula is C22H15ClFN3O2. The maximum Gasteiger partial charge on any atom is 0.266 e. The van der Waals surface area contributed by atoms with E-state index in [1.807, 2.05) is 0 Å². The number of para-hydroxylation sites is 1. The first-order valence-corrected chi connectivity index (χ1v) is 9.14. The fourth-order valence-electron chi connectivity index (χ4n) is 3.02. The van der Waals surface area contributed by atoms with Gasteiger partial charge in [-0.3, -0.25) is 9.36 Å². The van der Waals surface area contributed by atoms with Gasteiger partial charge in [0.15, 0.2) is 0 Å². The number of aromatic nitrogens is 3. The summed E-state index contributed by atoms with van der Waals surface area (Å²) in [6.07, 6.45) is 1.34. The Morgan fingerprint density at radius 3 is 2.66 bits per heavy atom. The summed E-state index contributed by atoms with van der Waals surface area (Å²) in [6, 6.07) is 15.7. The van der Waals surface area contributed by atoms with Gasteiger partial charge in [-0.1, -0.05) is 29.8 Å². The van der Waals surface area contributed by atoms with Crippen LogP contribution >= 0.6 is 11.6 Å². The van der Waals surface area contributed by atoms with Gasteiger partial charge in [0.05, 0.1) is 21.6 Å². The van der Waals surface area contributed by atoms with Crippen LogP contribution in [0.25, 0.3) is 28.4 Å². The SMILES string of the molecule is Cc1cccc(/C(O)=C/c2nc3ccc(F)cc3c(=O)n2-c2ccccc2Cl)n1. The van der Waals surface area contributed by atoms with Gasteiger partial charge in [0, 0.05) is 11.8 Å². The zero-order valence-corrected chi connectivity index (χ0v) is 16.1. The van der Waals surface area contributed by atoms with Crippen LogP contribution in [-0.4, -0.2) is 19.6 Å². The molecule has 0 aliphatic rings. The van der Waals surface area contributed by atoms with Crippen molar-refractivity contribution in [2.45, 2.75) is 6.92 Å². The number of hydrogen-bond acceptors (Lipinski definition) is 4. The van der Waals surface area contributed by atoms with E-state index in [0.717, 1.165) is 11.8 Å². The maximum absolute atomic E-state index is 13.7. The average Bonchev–Trinajstić information content (AvgIpc) is 2.70. The predicted molar refractivity (Wildman–Crippen MR) is 112 cm³/mol. The summed E-state index contributed by atoms with van der Waals surface area (Å²) in [5.74, 6) is -0.567. The maximum atomic E-state index is 13.7. The van der Waals surface area contributed by atoms with Gasteiger partial charge in [0.2, 0.25) is 0 Å². The van der Waals surface area contributed by atoms with E-state index in [2.05, 4.69) is 9.97 Å². The molecule has 2 aromatic carbocycles. The third-order valence-corrected chi connectivity index (χ3v) is 4.69. The number of fused-ring (bicyclic) bond motifs is 1. The minimum Gasteiger partial charge on any atom is -0.506 e. The Morgan fingerprint density at radius 2 is 1.90 bits per heavy atom. The Hall–Kier alpha value is -3.51. The molecule has 0 fully saturated rings. The number of halogens is 2. The minimum atomic E-state index is -0.544. The van der Waals surface area contributed by atoms with Crippen LogP contribution in [0.4, 0.5) is 4.39 Å². The van der Waals surface area contributed by atoms with E-state index in [9.17, 15) is 14.3 Å². The Bertz CT molecular complexity index is 1330. The van der Waals surface area contributed by atoms with Crippen molar-refractivity contribution in [1.82, 2.24) is 14.5 Å². The quantitative estimate of drug-likeness (QED) is 0.488. The van der Waals surface area contributed by atoms with Crippen molar-refractivity contribution in [3.05, 3.63) is 99.1 Å². The van der Waals surface area contributed by atoms with Crippen LogP contribution in [0.2, 0.25) is 5.02 Å². The Kier molecular flexibility index (Phi) is 4.86. The highest BCUT2D eigenvalue weighted by Gasteiger charge is 2.15. The van der Waals surface area contributed by atoms with Crippen LogP contribution in [0.15, 0.2) is 65.5 Å². The van der Waals surface area contributed by atoms with Crippen molar-refractivity contribution in [2.75, 3.05) is 0 Å². The number of nitrogens with zero attached hydrogens (tertiary/aromatic N) is 3. The molecule has 4 rings (SSSR count). The lowest BCUT2D eigenvalue weighted by atomic mass is 10.2. The van der Waals surface area contributed by atoms with Crippen LogP contribution < -0.4 is 5.56 Å². The second-order valence-corrected chi connectivity index (χ2v) is 6.82. The molecule has 144 valence electrons. The summed E-state index contributed by atoms with van der Waals surface area (Å²) in [5.41, 5.74) is 1.24. The van der Waals surface area contributed by atoms with Crippen molar-refractivity contribution >= 4 is 34.3 Å². The fraction of sp³-hybridized carbons (Fsp3) is 0.0455. The van der Waals surface area contributed by atoms with Gasteiger partial charge in [-0.05, 0) is 49.4 Å². The molecule has 5 nitrogen and oxygen atoms in total. The number of rotatable bonds is 3. The summed E-state index contributed by atoms with van der Waals surface area (Å²) in [5, 5.41) is 11.0. The van der Waals surface area contributed by atoms with Crippen molar-refractivity contribution in [2.24, 2.45) is 0 Å². The van der Waals surface area contributed by atoms with Crippen LogP contribution in [-0.2, 0) is 0 Å². The number of aryl methyl sites for hydroxylation is 1. The first-order chi connectivity index (χ1) is 13.9. The first-order valence-electron chi connectivity index (χ1n) is 8.76. The number of aliphatic hydroxyl groups excluding tert-OH is 1. The summed E-state index contributed by atoms with van der Waals surface area (Å²) < 4.78 is 15.0. The standard InChI is InChI=1S/C22H15ClFN3O2/c1-13-5-4-7-18(25-13)20(28)12-21-26-17-10-9-14(24)11-15(17)22(29)27(21)19-8-3-2-6-16(19)23/h2-12,28H,1H3/b20-12-. The lowest BCUT2D eigenvalue weighted by Crippen LogP contribution is -2.23. The van der Waals surface area contributed by atoms with Gasteiger partial charge in [-0.25, -0.2) is 14.4 Å².